The van der Waals surface area contributed by atoms with Crippen molar-refractivity contribution in [1.82, 2.24) is 0 Å². The molecule has 0 radical (unpaired) electrons. The van der Waals surface area contributed by atoms with Gasteiger partial charge in [-0.2, -0.15) is 0 Å². The Morgan fingerprint density at radius 2 is 1.75 bits per heavy atom. The highest BCUT2D eigenvalue weighted by Crippen LogP contribution is 2.34. The number of quaternary nitrogens is 1. The molecule has 1 aliphatic heterocycles. The third kappa shape index (κ3) is 5.15. The van der Waals surface area contributed by atoms with Gasteiger partial charge in [-0.3, -0.25) is 9.59 Å². The Hall–Kier alpha value is -2.77. The molecular weight excluding hydrogens is 382 g/mol. The summed E-state index contributed by atoms with van der Waals surface area (Å²) < 4.78 is 10.6. The van der Waals surface area contributed by atoms with Crippen LogP contribution >= 0.6 is 11.6 Å². The zero-order valence-corrected chi connectivity index (χ0v) is 16.6. The first-order chi connectivity index (χ1) is 13.4. The first-order valence-electron chi connectivity index (χ1n) is 9.03. The summed E-state index contributed by atoms with van der Waals surface area (Å²) in [4.78, 5) is 25.6. The normalized spacial score (nSPS) is 13.1. The minimum atomic E-state index is -0.178. The smallest absolute Gasteiger partial charge is 0.279 e. The Labute approximate surface area is 168 Å². The summed E-state index contributed by atoms with van der Waals surface area (Å²) in [7, 11) is 0. The van der Waals surface area contributed by atoms with E-state index in [0.717, 1.165) is 10.5 Å². The molecule has 8 heteroatoms. The summed E-state index contributed by atoms with van der Waals surface area (Å²) in [6.45, 7) is 5.00. The molecule has 2 amide bonds. The molecule has 1 atom stereocenters. The van der Waals surface area contributed by atoms with Gasteiger partial charge in [0.05, 0.1) is 6.54 Å². The predicted molar refractivity (Wildman–Crippen MR) is 107 cm³/mol. The average Bonchev–Trinajstić information content (AvgIpc) is 3.12. The van der Waals surface area contributed by atoms with Crippen molar-refractivity contribution in [3.05, 3.63) is 47.0 Å². The van der Waals surface area contributed by atoms with E-state index in [1.54, 1.807) is 30.3 Å². The van der Waals surface area contributed by atoms with E-state index in [-0.39, 0.29) is 31.7 Å². The van der Waals surface area contributed by atoms with Crippen LogP contribution in [0.15, 0.2) is 36.4 Å². The molecule has 3 rings (SSSR count). The molecular formula is C20H23ClN3O4+. The SMILES string of the molecule is CC[NH+](CC(=O)Nc1ccc2c(c1)OCO2)CC(=O)Nc1cc(Cl)ccc1C. The van der Waals surface area contributed by atoms with E-state index in [1.807, 2.05) is 19.9 Å². The number of aryl methyl sites for hydroxylation is 1. The maximum absolute atomic E-state index is 12.4. The van der Waals surface area contributed by atoms with E-state index >= 15 is 0 Å². The van der Waals surface area contributed by atoms with Crippen molar-refractivity contribution in [1.29, 1.82) is 0 Å². The van der Waals surface area contributed by atoms with E-state index in [9.17, 15) is 9.59 Å². The maximum Gasteiger partial charge on any atom is 0.279 e. The lowest BCUT2D eigenvalue weighted by atomic mass is 10.2. The molecule has 0 aromatic heterocycles. The van der Waals surface area contributed by atoms with Crippen molar-refractivity contribution in [2.24, 2.45) is 0 Å². The van der Waals surface area contributed by atoms with Crippen LogP contribution in [0.4, 0.5) is 11.4 Å². The van der Waals surface area contributed by atoms with Crippen LogP contribution in [0.25, 0.3) is 0 Å². The average molecular weight is 405 g/mol. The summed E-state index contributed by atoms with van der Waals surface area (Å²) >= 11 is 5.99. The minimum absolute atomic E-state index is 0.168. The van der Waals surface area contributed by atoms with Gasteiger partial charge in [0.25, 0.3) is 11.8 Å². The number of hydrogen-bond acceptors (Lipinski definition) is 4. The summed E-state index contributed by atoms with van der Waals surface area (Å²) in [5.41, 5.74) is 2.23. The van der Waals surface area contributed by atoms with E-state index in [2.05, 4.69) is 10.6 Å². The van der Waals surface area contributed by atoms with E-state index in [1.165, 1.54) is 0 Å². The number of benzene rings is 2. The molecule has 1 aliphatic rings. The van der Waals surface area contributed by atoms with Gasteiger partial charge in [0.2, 0.25) is 6.79 Å². The molecule has 0 aliphatic carbocycles. The Bertz CT molecular complexity index is 888. The summed E-state index contributed by atoms with van der Waals surface area (Å²) in [6.07, 6.45) is 0. The van der Waals surface area contributed by atoms with Gasteiger partial charge < -0.3 is 25.0 Å². The number of carbonyl (C=O) groups excluding carboxylic acids is 2. The molecule has 2 aromatic carbocycles. The van der Waals surface area contributed by atoms with Crippen molar-refractivity contribution >= 4 is 34.8 Å². The van der Waals surface area contributed by atoms with Gasteiger partial charge in [0, 0.05) is 22.5 Å². The van der Waals surface area contributed by atoms with E-state index < -0.39 is 0 Å². The highest BCUT2D eigenvalue weighted by Gasteiger charge is 2.19. The molecule has 7 nitrogen and oxygen atoms in total. The van der Waals surface area contributed by atoms with Crippen molar-refractivity contribution in [3.63, 3.8) is 0 Å². The maximum atomic E-state index is 12.4. The topological polar surface area (TPSA) is 81.1 Å². The predicted octanol–water partition coefficient (Wildman–Crippen LogP) is 1.86. The largest absolute Gasteiger partial charge is 0.454 e. The van der Waals surface area contributed by atoms with Crippen molar-refractivity contribution in [2.75, 3.05) is 37.1 Å². The summed E-state index contributed by atoms with van der Waals surface area (Å²) in [5, 5.41) is 6.25. The van der Waals surface area contributed by atoms with Crippen LogP contribution in [0.3, 0.4) is 0 Å². The van der Waals surface area contributed by atoms with Crippen LogP contribution in [0, 0.1) is 6.92 Å². The fourth-order valence-corrected chi connectivity index (χ4v) is 3.04. The number of likely N-dealkylation sites (N-methyl/N-ethyl adjacent to an activating group) is 1. The van der Waals surface area contributed by atoms with Crippen molar-refractivity contribution in [3.8, 4) is 11.5 Å². The number of halogens is 1. The second-order valence-electron chi connectivity index (χ2n) is 6.58. The molecule has 148 valence electrons. The molecule has 0 saturated carbocycles. The Morgan fingerprint density at radius 1 is 1.04 bits per heavy atom. The molecule has 1 heterocycles. The van der Waals surface area contributed by atoms with Crippen LogP contribution in [-0.2, 0) is 9.59 Å². The fourth-order valence-electron chi connectivity index (χ4n) is 2.87. The first kappa shape index (κ1) is 20.0. The van der Waals surface area contributed by atoms with Gasteiger partial charge in [0.1, 0.15) is 0 Å². The zero-order chi connectivity index (χ0) is 20.1. The quantitative estimate of drug-likeness (QED) is 0.658. The number of ether oxygens (including phenoxy) is 2. The number of amides is 2. The lowest BCUT2D eigenvalue weighted by Crippen LogP contribution is -3.13. The van der Waals surface area contributed by atoms with Crippen LogP contribution in [-0.4, -0.2) is 38.2 Å². The Balaban J connectivity index is 1.53. The number of rotatable bonds is 7. The lowest BCUT2D eigenvalue weighted by Gasteiger charge is -2.17. The van der Waals surface area contributed by atoms with Crippen LogP contribution in [0.5, 0.6) is 11.5 Å². The van der Waals surface area contributed by atoms with Gasteiger partial charge in [-0.15, -0.1) is 0 Å². The molecule has 2 aromatic rings. The third-order valence-corrected chi connectivity index (χ3v) is 4.69. The lowest BCUT2D eigenvalue weighted by molar-refractivity contribution is -0.881. The van der Waals surface area contributed by atoms with Crippen LogP contribution < -0.4 is 25.0 Å². The molecule has 1 unspecified atom stereocenters. The molecule has 3 N–H and O–H groups in total. The number of hydrogen-bond donors (Lipinski definition) is 3. The standard InChI is InChI=1S/C20H22ClN3O4/c1-3-24(11-20(26)23-16-8-14(21)5-4-13(16)2)10-19(25)22-15-6-7-17-18(9-15)28-12-27-17/h4-9H,3,10-12H2,1-2H3,(H,22,25)(H,23,26)/p+1. The monoisotopic (exact) mass is 404 g/mol. The highest BCUT2D eigenvalue weighted by molar-refractivity contribution is 6.31. The molecule has 28 heavy (non-hydrogen) atoms. The Kier molecular flexibility index (Phi) is 6.38. The third-order valence-electron chi connectivity index (χ3n) is 4.45. The van der Waals surface area contributed by atoms with Crippen molar-refractivity contribution < 1.29 is 24.0 Å². The first-order valence-corrected chi connectivity index (χ1v) is 9.41. The van der Waals surface area contributed by atoms with Crippen LogP contribution in [0.1, 0.15) is 12.5 Å². The van der Waals surface area contributed by atoms with Crippen molar-refractivity contribution in [2.45, 2.75) is 13.8 Å². The van der Waals surface area contributed by atoms with Gasteiger partial charge in [-0.1, -0.05) is 17.7 Å². The van der Waals surface area contributed by atoms with Gasteiger partial charge in [-0.05, 0) is 43.7 Å². The number of anilines is 2. The fraction of sp³-hybridized carbons (Fsp3) is 0.300. The van der Waals surface area contributed by atoms with Crippen LogP contribution in [0.2, 0.25) is 5.02 Å². The van der Waals surface area contributed by atoms with Gasteiger partial charge in [-0.25, -0.2) is 0 Å². The second kappa shape index (κ2) is 8.95. The highest BCUT2D eigenvalue weighted by atomic mass is 35.5. The second-order valence-corrected chi connectivity index (χ2v) is 7.02. The molecule has 0 bridgehead atoms. The number of nitrogens with one attached hydrogen (secondary N) is 3. The molecule has 0 spiro atoms. The van der Waals surface area contributed by atoms with E-state index in [0.29, 0.717) is 34.4 Å². The van der Waals surface area contributed by atoms with Gasteiger partial charge >= 0.3 is 0 Å². The number of carbonyl (C=O) groups is 2. The summed E-state index contributed by atoms with van der Waals surface area (Å²) in [6, 6.07) is 10.6. The summed E-state index contributed by atoms with van der Waals surface area (Å²) in [5.74, 6) is 0.918. The zero-order valence-electron chi connectivity index (χ0n) is 15.8. The van der Waals surface area contributed by atoms with Gasteiger partial charge in [0.15, 0.2) is 24.6 Å². The number of fused-ring (bicyclic) bond motifs is 1. The minimum Gasteiger partial charge on any atom is -0.454 e. The van der Waals surface area contributed by atoms with E-state index in [4.69, 9.17) is 21.1 Å². The molecule has 0 fully saturated rings. The Morgan fingerprint density at radius 3 is 2.50 bits per heavy atom. The molecule has 0 saturated heterocycles.